The molecule has 2 aromatic rings. The summed E-state index contributed by atoms with van der Waals surface area (Å²) in [6.45, 7) is 3.99. The monoisotopic (exact) mass is 295 g/mol. The minimum atomic E-state index is -0.945. The Morgan fingerprint density at radius 3 is 2.59 bits per heavy atom. The van der Waals surface area contributed by atoms with Crippen LogP contribution in [0, 0.1) is 25.7 Å². The van der Waals surface area contributed by atoms with E-state index in [-0.39, 0.29) is 5.75 Å². The third-order valence-electron chi connectivity index (χ3n) is 3.60. The molecule has 3 heteroatoms. The van der Waals surface area contributed by atoms with Crippen molar-refractivity contribution in [1.82, 2.24) is 0 Å². The molecule has 3 nitrogen and oxygen atoms in total. The second kappa shape index (κ2) is 7.13. The topological polar surface area (TPSA) is 66.5 Å². The Labute approximate surface area is 131 Å². The highest BCUT2D eigenvalue weighted by molar-refractivity contribution is 5.43. The second-order valence-electron chi connectivity index (χ2n) is 5.53. The van der Waals surface area contributed by atoms with Gasteiger partial charge >= 0.3 is 0 Å². The fourth-order valence-corrected chi connectivity index (χ4v) is 2.18. The summed E-state index contributed by atoms with van der Waals surface area (Å²) in [6.07, 6.45) is -0.575. The lowest BCUT2D eigenvalue weighted by Crippen LogP contribution is -2.35. The molecule has 0 saturated heterocycles. The zero-order chi connectivity index (χ0) is 16.1. The first-order valence-electron chi connectivity index (χ1n) is 7.26. The fourth-order valence-electron chi connectivity index (χ4n) is 2.18. The Balaban J connectivity index is 2.09. The molecule has 2 aromatic carbocycles. The summed E-state index contributed by atoms with van der Waals surface area (Å²) in [5.41, 5.74) is 9.79. The van der Waals surface area contributed by atoms with Gasteiger partial charge < -0.3 is 15.9 Å². The highest BCUT2D eigenvalue weighted by Gasteiger charge is 2.14. The van der Waals surface area contributed by atoms with Crippen LogP contribution in [0.5, 0.6) is 5.75 Å². The molecule has 4 N–H and O–H groups in total. The number of phenols is 1. The number of aromatic hydroxyl groups is 1. The predicted octanol–water partition coefficient (Wildman–Crippen LogP) is 2.29. The van der Waals surface area contributed by atoms with Crippen LogP contribution in [0.25, 0.3) is 0 Å². The third kappa shape index (κ3) is 4.11. The lowest BCUT2D eigenvalue weighted by Gasteiger charge is -2.14. The van der Waals surface area contributed by atoms with Gasteiger partial charge in [-0.2, -0.15) is 0 Å². The second-order valence-corrected chi connectivity index (χ2v) is 5.53. The maximum atomic E-state index is 10.1. The number of aliphatic hydroxyl groups excluding tert-OH is 1. The summed E-state index contributed by atoms with van der Waals surface area (Å²) in [5, 5.41) is 19.9. The van der Waals surface area contributed by atoms with Crippen LogP contribution in [0.1, 0.15) is 22.3 Å². The smallest absolute Gasteiger partial charge is 0.130 e. The van der Waals surface area contributed by atoms with Gasteiger partial charge in [0.15, 0.2) is 0 Å². The van der Waals surface area contributed by atoms with E-state index < -0.39 is 12.1 Å². The van der Waals surface area contributed by atoms with Crippen molar-refractivity contribution in [1.29, 1.82) is 0 Å². The summed E-state index contributed by atoms with van der Waals surface area (Å²) in [7, 11) is 0. The number of rotatable bonds is 3. The van der Waals surface area contributed by atoms with Crippen molar-refractivity contribution in [2.24, 2.45) is 5.73 Å². The van der Waals surface area contributed by atoms with E-state index in [1.54, 1.807) is 18.2 Å². The van der Waals surface area contributed by atoms with E-state index in [2.05, 4.69) is 11.8 Å². The van der Waals surface area contributed by atoms with Gasteiger partial charge in [-0.3, -0.25) is 0 Å². The van der Waals surface area contributed by atoms with E-state index in [9.17, 15) is 10.2 Å². The summed E-state index contributed by atoms with van der Waals surface area (Å²) < 4.78 is 0. The normalized spacial score (nSPS) is 13.1. The largest absolute Gasteiger partial charge is 0.508 e. The molecule has 0 amide bonds. The number of nitrogens with two attached hydrogens (primary N) is 1. The van der Waals surface area contributed by atoms with Crippen LogP contribution >= 0.6 is 0 Å². The standard InChI is InChI=1S/C19H21NO2/c1-13-7-8-14(2)15(11-13)9-10-19(22)17(20)12-16-5-3-4-6-18(16)21/h3-8,11,17,19,21-22H,12,20H2,1-2H3. The van der Waals surface area contributed by atoms with Gasteiger partial charge in [0.25, 0.3) is 0 Å². The highest BCUT2D eigenvalue weighted by Crippen LogP contribution is 2.17. The number of aliphatic hydroxyl groups is 1. The van der Waals surface area contributed by atoms with Gasteiger partial charge in [-0.15, -0.1) is 0 Å². The predicted molar refractivity (Wildman–Crippen MR) is 88.6 cm³/mol. The van der Waals surface area contributed by atoms with Crippen molar-refractivity contribution in [3.05, 3.63) is 64.7 Å². The van der Waals surface area contributed by atoms with Crippen LogP contribution in [0.2, 0.25) is 0 Å². The molecular formula is C19H21NO2. The van der Waals surface area contributed by atoms with Crippen LogP contribution in [0.3, 0.4) is 0 Å². The zero-order valence-corrected chi connectivity index (χ0v) is 12.9. The van der Waals surface area contributed by atoms with Crippen molar-refractivity contribution >= 4 is 0 Å². The van der Waals surface area contributed by atoms with Gasteiger partial charge in [-0.05, 0) is 49.1 Å². The molecule has 0 saturated carbocycles. The molecule has 2 atom stereocenters. The lowest BCUT2D eigenvalue weighted by atomic mass is 10.0. The quantitative estimate of drug-likeness (QED) is 0.761. The van der Waals surface area contributed by atoms with Gasteiger partial charge in [0, 0.05) is 11.6 Å². The molecule has 0 fully saturated rings. The average molecular weight is 295 g/mol. The molecule has 114 valence electrons. The molecule has 0 aromatic heterocycles. The number of hydrogen-bond donors (Lipinski definition) is 3. The van der Waals surface area contributed by atoms with E-state index in [1.165, 1.54) is 0 Å². The zero-order valence-electron chi connectivity index (χ0n) is 12.9. The molecule has 0 radical (unpaired) electrons. The summed E-state index contributed by atoms with van der Waals surface area (Å²) in [4.78, 5) is 0. The average Bonchev–Trinajstić information content (AvgIpc) is 2.50. The van der Waals surface area contributed by atoms with Gasteiger partial charge in [-0.25, -0.2) is 0 Å². The summed E-state index contributed by atoms with van der Waals surface area (Å²) in [6, 6.07) is 12.5. The van der Waals surface area contributed by atoms with Crippen molar-refractivity contribution in [2.45, 2.75) is 32.4 Å². The van der Waals surface area contributed by atoms with Gasteiger partial charge in [0.2, 0.25) is 0 Å². The Morgan fingerprint density at radius 2 is 1.86 bits per heavy atom. The number of phenolic OH excluding ortho intramolecular Hbond substituents is 1. The number of benzene rings is 2. The van der Waals surface area contributed by atoms with Gasteiger partial charge in [0.1, 0.15) is 11.9 Å². The SMILES string of the molecule is Cc1ccc(C)c(C#CC(O)C(N)Cc2ccccc2O)c1. The van der Waals surface area contributed by atoms with E-state index >= 15 is 0 Å². The first-order chi connectivity index (χ1) is 10.5. The van der Waals surface area contributed by atoms with E-state index in [4.69, 9.17) is 5.73 Å². The van der Waals surface area contributed by atoms with Crippen molar-refractivity contribution in [3.63, 3.8) is 0 Å². The first kappa shape index (κ1) is 16.1. The van der Waals surface area contributed by atoms with Crippen molar-refractivity contribution in [2.75, 3.05) is 0 Å². The van der Waals surface area contributed by atoms with Gasteiger partial charge in [0.05, 0.1) is 0 Å². The van der Waals surface area contributed by atoms with E-state index in [1.807, 2.05) is 38.1 Å². The number of aryl methyl sites for hydroxylation is 2. The molecule has 0 aliphatic rings. The highest BCUT2D eigenvalue weighted by atomic mass is 16.3. The molecule has 0 heterocycles. The lowest BCUT2D eigenvalue weighted by molar-refractivity contribution is 0.199. The Bertz CT molecular complexity index is 713. The summed E-state index contributed by atoms with van der Waals surface area (Å²) >= 11 is 0. The van der Waals surface area contributed by atoms with Crippen LogP contribution < -0.4 is 5.73 Å². The molecule has 22 heavy (non-hydrogen) atoms. The van der Waals surface area contributed by atoms with E-state index in [0.29, 0.717) is 12.0 Å². The Kier molecular flexibility index (Phi) is 5.21. The number of hydrogen-bond acceptors (Lipinski definition) is 3. The van der Waals surface area contributed by atoms with Crippen LogP contribution in [-0.2, 0) is 6.42 Å². The van der Waals surface area contributed by atoms with Crippen LogP contribution in [0.15, 0.2) is 42.5 Å². The summed E-state index contributed by atoms with van der Waals surface area (Å²) in [5.74, 6) is 5.99. The molecule has 2 rings (SSSR count). The first-order valence-corrected chi connectivity index (χ1v) is 7.26. The third-order valence-corrected chi connectivity index (χ3v) is 3.60. The van der Waals surface area contributed by atoms with Crippen molar-refractivity contribution < 1.29 is 10.2 Å². The molecular weight excluding hydrogens is 274 g/mol. The molecule has 0 aliphatic carbocycles. The molecule has 2 unspecified atom stereocenters. The van der Waals surface area contributed by atoms with E-state index in [0.717, 1.165) is 16.7 Å². The fraction of sp³-hybridized carbons (Fsp3) is 0.263. The number of para-hydroxylation sites is 1. The van der Waals surface area contributed by atoms with Crippen LogP contribution in [-0.4, -0.2) is 22.4 Å². The minimum Gasteiger partial charge on any atom is -0.508 e. The minimum absolute atomic E-state index is 0.188. The van der Waals surface area contributed by atoms with Crippen LogP contribution in [0.4, 0.5) is 0 Å². The Morgan fingerprint density at radius 1 is 1.14 bits per heavy atom. The maximum Gasteiger partial charge on any atom is 0.130 e. The molecule has 0 bridgehead atoms. The maximum absolute atomic E-state index is 10.1. The van der Waals surface area contributed by atoms with Gasteiger partial charge in [-0.1, -0.05) is 42.2 Å². The molecule has 0 aliphatic heterocycles. The Hall–Kier alpha value is -2.28. The van der Waals surface area contributed by atoms with Crippen molar-refractivity contribution in [3.8, 4) is 17.6 Å². The molecule has 0 spiro atoms.